The first-order valence-electron chi connectivity index (χ1n) is 6.27. The zero-order chi connectivity index (χ0) is 13.4. The molecule has 0 spiro atoms. The number of allylic oxidation sites excluding steroid dienone is 3. The lowest BCUT2D eigenvalue weighted by Crippen LogP contribution is -2.26. The van der Waals surface area contributed by atoms with Gasteiger partial charge in [0, 0.05) is 6.92 Å². The van der Waals surface area contributed by atoms with E-state index in [1.54, 1.807) is 6.92 Å². The lowest BCUT2D eigenvalue weighted by molar-refractivity contribution is -0.119. The number of carbonyl (C=O) groups is 1. The van der Waals surface area contributed by atoms with Gasteiger partial charge in [-0.15, -0.1) is 0 Å². The third-order valence-corrected chi connectivity index (χ3v) is 2.77. The molecule has 0 heterocycles. The van der Waals surface area contributed by atoms with Gasteiger partial charge in [-0.25, -0.2) is 0 Å². The van der Waals surface area contributed by atoms with Gasteiger partial charge in [0.25, 0.3) is 0 Å². The molecular weight excluding hydrogens is 222 g/mol. The molecule has 0 radical (unpaired) electrons. The summed E-state index contributed by atoms with van der Waals surface area (Å²) in [5.74, 6) is -0.000200. The molecule has 96 valence electrons. The molecule has 0 bridgehead atoms. The van der Waals surface area contributed by atoms with Gasteiger partial charge in [0.05, 0.1) is 6.04 Å². The van der Waals surface area contributed by atoms with Crippen LogP contribution in [0.15, 0.2) is 54.1 Å². The number of rotatable bonds is 5. The molecule has 1 atom stereocenters. The van der Waals surface area contributed by atoms with Crippen LogP contribution in [-0.4, -0.2) is 5.91 Å². The van der Waals surface area contributed by atoms with Gasteiger partial charge in [-0.2, -0.15) is 0 Å². The van der Waals surface area contributed by atoms with Crippen LogP contribution in [0, 0.1) is 0 Å². The summed E-state index contributed by atoms with van der Waals surface area (Å²) < 4.78 is 0. The molecule has 1 rings (SSSR count). The summed E-state index contributed by atoms with van der Waals surface area (Å²) >= 11 is 0. The highest BCUT2D eigenvalue weighted by Crippen LogP contribution is 2.21. The minimum atomic E-state index is -0.000200. The average molecular weight is 243 g/mol. The Morgan fingerprint density at radius 3 is 2.44 bits per heavy atom. The molecule has 1 aromatic carbocycles. The van der Waals surface area contributed by atoms with Crippen molar-refractivity contribution in [3.05, 3.63) is 59.7 Å². The van der Waals surface area contributed by atoms with Crippen LogP contribution >= 0.6 is 0 Å². The summed E-state index contributed by atoms with van der Waals surface area (Å²) in [4.78, 5) is 11.3. The number of amides is 1. The summed E-state index contributed by atoms with van der Waals surface area (Å²) in [5, 5.41) is 3.01. The third kappa shape index (κ3) is 4.58. The minimum absolute atomic E-state index is 0.000200. The summed E-state index contributed by atoms with van der Waals surface area (Å²) in [5.41, 5.74) is 2.36. The van der Waals surface area contributed by atoms with Crippen molar-refractivity contribution in [2.45, 2.75) is 33.2 Å². The number of benzene rings is 1. The summed E-state index contributed by atoms with van der Waals surface area (Å²) in [6, 6.07) is 10.1. The Morgan fingerprint density at radius 2 is 1.94 bits per heavy atom. The SMILES string of the molecule is C/C=C\C(=C/C)CC(NC(C)=O)c1ccccc1. The zero-order valence-electron chi connectivity index (χ0n) is 11.3. The Kier molecular flexibility index (Phi) is 5.92. The maximum absolute atomic E-state index is 11.3. The topological polar surface area (TPSA) is 29.1 Å². The minimum Gasteiger partial charge on any atom is -0.349 e. The predicted molar refractivity (Wildman–Crippen MR) is 76.2 cm³/mol. The highest BCUT2D eigenvalue weighted by molar-refractivity contribution is 5.73. The van der Waals surface area contributed by atoms with Crippen molar-refractivity contribution in [2.24, 2.45) is 0 Å². The van der Waals surface area contributed by atoms with E-state index < -0.39 is 0 Å². The van der Waals surface area contributed by atoms with Gasteiger partial charge in [-0.3, -0.25) is 4.79 Å². The van der Waals surface area contributed by atoms with Crippen LogP contribution in [0.25, 0.3) is 0 Å². The second kappa shape index (κ2) is 7.49. The standard InChI is InChI=1S/C16H21NO/c1-4-9-14(5-2)12-16(17-13(3)18)15-10-7-6-8-11-15/h4-11,16H,12H2,1-3H3,(H,17,18)/b9-4-,14-5+. The van der Waals surface area contributed by atoms with Crippen LogP contribution in [0.5, 0.6) is 0 Å². The van der Waals surface area contributed by atoms with Crippen LogP contribution in [0.3, 0.4) is 0 Å². The maximum Gasteiger partial charge on any atom is 0.217 e. The molecule has 1 N–H and O–H groups in total. The van der Waals surface area contributed by atoms with Gasteiger partial charge in [-0.1, -0.05) is 54.1 Å². The van der Waals surface area contributed by atoms with E-state index in [9.17, 15) is 4.79 Å². The molecule has 1 amide bonds. The lowest BCUT2D eigenvalue weighted by atomic mass is 9.98. The van der Waals surface area contributed by atoms with Crippen molar-refractivity contribution in [3.63, 3.8) is 0 Å². The summed E-state index contributed by atoms with van der Waals surface area (Å²) in [6.45, 7) is 5.57. The first kappa shape index (κ1) is 14.2. The fourth-order valence-electron chi connectivity index (χ4n) is 1.91. The second-order valence-corrected chi connectivity index (χ2v) is 4.23. The Hall–Kier alpha value is -1.83. The highest BCUT2D eigenvalue weighted by atomic mass is 16.1. The van der Waals surface area contributed by atoms with E-state index in [2.05, 4.69) is 17.5 Å². The molecule has 0 saturated carbocycles. The molecule has 0 aliphatic rings. The van der Waals surface area contributed by atoms with Crippen molar-refractivity contribution in [1.82, 2.24) is 5.32 Å². The Labute approximate surface area is 109 Å². The normalized spacial score (nSPS) is 13.6. The van der Waals surface area contributed by atoms with E-state index in [0.717, 1.165) is 12.0 Å². The van der Waals surface area contributed by atoms with Crippen LogP contribution in [0.4, 0.5) is 0 Å². The van der Waals surface area contributed by atoms with Gasteiger partial charge in [-0.05, 0) is 25.8 Å². The smallest absolute Gasteiger partial charge is 0.217 e. The van der Waals surface area contributed by atoms with Gasteiger partial charge in [0.1, 0.15) is 0 Å². The van der Waals surface area contributed by atoms with Gasteiger partial charge < -0.3 is 5.32 Å². The molecule has 0 fully saturated rings. The van der Waals surface area contributed by atoms with E-state index in [1.165, 1.54) is 5.57 Å². The third-order valence-electron chi connectivity index (χ3n) is 2.77. The molecule has 0 saturated heterocycles. The molecule has 2 nitrogen and oxygen atoms in total. The first-order chi connectivity index (χ1) is 8.67. The molecule has 0 aromatic heterocycles. The Morgan fingerprint density at radius 1 is 1.28 bits per heavy atom. The fraction of sp³-hybridized carbons (Fsp3) is 0.312. The molecule has 0 aliphatic carbocycles. The van der Waals surface area contributed by atoms with Gasteiger partial charge >= 0.3 is 0 Å². The molecule has 1 unspecified atom stereocenters. The van der Waals surface area contributed by atoms with E-state index in [-0.39, 0.29) is 11.9 Å². The number of hydrogen-bond acceptors (Lipinski definition) is 1. The van der Waals surface area contributed by atoms with Crippen molar-refractivity contribution >= 4 is 5.91 Å². The van der Waals surface area contributed by atoms with Crippen LogP contribution in [-0.2, 0) is 4.79 Å². The molecule has 0 aliphatic heterocycles. The summed E-state index contributed by atoms with van der Waals surface area (Å²) in [7, 11) is 0. The highest BCUT2D eigenvalue weighted by Gasteiger charge is 2.13. The fourth-order valence-corrected chi connectivity index (χ4v) is 1.91. The first-order valence-corrected chi connectivity index (χ1v) is 6.27. The second-order valence-electron chi connectivity index (χ2n) is 4.23. The largest absolute Gasteiger partial charge is 0.349 e. The van der Waals surface area contributed by atoms with E-state index >= 15 is 0 Å². The predicted octanol–water partition coefficient (Wildman–Crippen LogP) is 3.78. The van der Waals surface area contributed by atoms with Crippen LogP contribution in [0.1, 0.15) is 38.8 Å². The maximum atomic E-state index is 11.3. The van der Waals surface area contributed by atoms with Gasteiger partial charge in [0.2, 0.25) is 5.91 Å². The van der Waals surface area contributed by atoms with Crippen molar-refractivity contribution < 1.29 is 4.79 Å². The number of hydrogen-bond donors (Lipinski definition) is 1. The lowest BCUT2D eigenvalue weighted by Gasteiger charge is -2.19. The van der Waals surface area contributed by atoms with Crippen molar-refractivity contribution in [3.8, 4) is 0 Å². The van der Waals surface area contributed by atoms with E-state index in [0.29, 0.717) is 0 Å². The van der Waals surface area contributed by atoms with Gasteiger partial charge in [0.15, 0.2) is 0 Å². The average Bonchev–Trinajstić information content (AvgIpc) is 2.37. The van der Waals surface area contributed by atoms with Crippen LogP contribution in [0.2, 0.25) is 0 Å². The Bertz CT molecular complexity index is 432. The van der Waals surface area contributed by atoms with E-state index in [4.69, 9.17) is 0 Å². The monoisotopic (exact) mass is 243 g/mol. The van der Waals surface area contributed by atoms with E-state index in [1.807, 2.05) is 50.3 Å². The molecular formula is C16H21NO. The molecule has 18 heavy (non-hydrogen) atoms. The zero-order valence-corrected chi connectivity index (χ0v) is 11.3. The van der Waals surface area contributed by atoms with Crippen molar-refractivity contribution in [2.75, 3.05) is 0 Å². The summed E-state index contributed by atoms with van der Waals surface area (Å²) in [6.07, 6.45) is 6.99. The molecule has 1 aromatic rings. The quantitative estimate of drug-likeness (QED) is 0.783. The Balaban J connectivity index is 2.89. The number of carbonyl (C=O) groups excluding carboxylic acids is 1. The molecule has 2 heteroatoms. The van der Waals surface area contributed by atoms with Crippen molar-refractivity contribution in [1.29, 1.82) is 0 Å². The number of nitrogens with one attached hydrogen (secondary N) is 1. The van der Waals surface area contributed by atoms with Crippen LogP contribution < -0.4 is 5.32 Å².